The molecule has 1 aliphatic heterocycles. The zero-order valence-electron chi connectivity index (χ0n) is 14.3. The number of aryl methyl sites for hydroxylation is 1. The van der Waals surface area contributed by atoms with Crippen LogP contribution in [0.5, 0.6) is 0 Å². The SMILES string of the molecule is Cc1ccc(-c2cnc3ccn(CC(=O)N4CCOCC4)c3c2)cc1. The van der Waals surface area contributed by atoms with E-state index in [1.54, 1.807) is 0 Å². The monoisotopic (exact) mass is 335 g/mol. The van der Waals surface area contributed by atoms with Crippen LogP contribution < -0.4 is 0 Å². The molecule has 1 aliphatic rings. The number of pyridine rings is 1. The van der Waals surface area contributed by atoms with Gasteiger partial charge in [-0.1, -0.05) is 29.8 Å². The van der Waals surface area contributed by atoms with Crippen molar-refractivity contribution in [3.05, 3.63) is 54.4 Å². The Balaban J connectivity index is 1.62. The second kappa shape index (κ2) is 6.69. The summed E-state index contributed by atoms with van der Waals surface area (Å²) < 4.78 is 7.30. The summed E-state index contributed by atoms with van der Waals surface area (Å²) in [6.07, 6.45) is 3.83. The predicted octanol–water partition coefficient (Wildman–Crippen LogP) is 2.87. The highest BCUT2D eigenvalue weighted by molar-refractivity contribution is 5.84. The van der Waals surface area contributed by atoms with Gasteiger partial charge in [0.1, 0.15) is 6.54 Å². The van der Waals surface area contributed by atoms with E-state index in [0.717, 1.165) is 22.2 Å². The van der Waals surface area contributed by atoms with Crippen molar-refractivity contribution in [2.45, 2.75) is 13.5 Å². The molecule has 5 nitrogen and oxygen atoms in total. The number of morpholine rings is 1. The smallest absolute Gasteiger partial charge is 0.242 e. The fraction of sp³-hybridized carbons (Fsp3) is 0.300. The highest BCUT2D eigenvalue weighted by Gasteiger charge is 2.18. The lowest BCUT2D eigenvalue weighted by Crippen LogP contribution is -2.42. The van der Waals surface area contributed by atoms with Crippen molar-refractivity contribution >= 4 is 16.9 Å². The lowest BCUT2D eigenvalue weighted by molar-refractivity contribution is -0.135. The van der Waals surface area contributed by atoms with Crippen molar-refractivity contribution < 1.29 is 9.53 Å². The van der Waals surface area contributed by atoms with Crippen LogP contribution >= 0.6 is 0 Å². The standard InChI is InChI=1S/C20H21N3O2/c1-15-2-4-16(5-3-15)17-12-19-18(21-13-17)6-7-23(19)14-20(24)22-8-10-25-11-9-22/h2-7,12-13H,8-11,14H2,1H3. The molecule has 5 heteroatoms. The van der Waals surface area contributed by atoms with Gasteiger partial charge in [0.15, 0.2) is 0 Å². The highest BCUT2D eigenvalue weighted by Crippen LogP contribution is 2.24. The maximum absolute atomic E-state index is 12.5. The summed E-state index contributed by atoms with van der Waals surface area (Å²) in [4.78, 5) is 19.0. The summed E-state index contributed by atoms with van der Waals surface area (Å²) in [5.41, 5.74) is 5.32. The molecule has 2 aromatic heterocycles. The van der Waals surface area contributed by atoms with E-state index in [1.165, 1.54) is 5.56 Å². The van der Waals surface area contributed by atoms with Gasteiger partial charge in [0.2, 0.25) is 5.91 Å². The molecule has 0 radical (unpaired) electrons. The number of amides is 1. The van der Waals surface area contributed by atoms with E-state index in [9.17, 15) is 4.79 Å². The zero-order valence-corrected chi connectivity index (χ0v) is 14.3. The van der Waals surface area contributed by atoms with Gasteiger partial charge in [-0.15, -0.1) is 0 Å². The van der Waals surface area contributed by atoms with Gasteiger partial charge in [0, 0.05) is 31.0 Å². The molecule has 0 bridgehead atoms. The third-order valence-corrected chi connectivity index (χ3v) is 4.67. The molecule has 0 N–H and O–H groups in total. The molecule has 0 saturated carbocycles. The largest absolute Gasteiger partial charge is 0.378 e. The molecule has 0 unspecified atom stereocenters. The molecule has 1 aromatic carbocycles. The first-order valence-corrected chi connectivity index (χ1v) is 8.58. The first-order chi connectivity index (χ1) is 12.2. The van der Waals surface area contributed by atoms with Gasteiger partial charge in [-0.25, -0.2) is 0 Å². The molecule has 1 fully saturated rings. The number of carbonyl (C=O) groups is 1. The van der Waals surface area contributed by atoms with Gasteiger partial charge < -0.3 is 14.2 Å². The molecule has 1 saturated heterocycles. The van der Waals surface area contributed by atoms with Crippen LogP contribution in [-0.2, 0) is 16.1 Å². The molecular weight excluding hydrogens is 314 g/mol. The normalized spacial score (nSPS) is 14.8. The number of hydrogen-bond acceptors (Lipinski definition) is 3. The van der Waals surface area contributed by atoms with Crippen molar-refractivity contribution in [1.29, 1.82) is 0 Å². The number of aromatic nitrogens is 2. The van der Waals surface area contributed by atoms with Crippen molar-refractivity contribution in [3.8, 4) is 11.1 Å². The van der Waals surface area contributed by atoms with Crippen LogP contribution in [0.2, 0.25) is 0 Å². The lowest BCUT2D eigenvalue weighted by atomic mass is 10.1. The Labute approximate surface area is 146 Å². The average molecular weight is 335 g/mol. The summed E-state index contributed by atoms with van der Waals surface area (Å²) in [5, 5.41) is 0. The molecule has 1 amide bonds. The molecule has 128 valence electrons. The Hall–Kier alpha value is -2.66. The minimum Gasteiger partial charge on any atom is -0.378 e. The van der Waals surface area contributed by atoms with Crippen LogP contribution in [0.3, 0.4) is 0 Å². The minimum absolute atomic E-state index is 0.126. The number of rotatable bonds is 3. The van der Waals surface area contributed by atoms with E-state index in [1.807, 2.05) is 27.9 Å². The molecular formula is C20H21N3O2. The maximum Gasteiger partial charge on any atom is 0.242 e. The van der Waals surface area contributed by atoms with Gasteiger partial charge in [-0.05, 0) is 24.6 Å². The second-order valence-electron chi connectivity index (χ2n) is 6.43. The van der Waals surface area contributed by atoms with Crippen LogP contribution in [0.25, 0.3) is 22.2 Å². The van der Waals surface area contributed by atoms with Crippen LogP contribution in [0, 0.1) is 6.92 Å². The summed E-state index contributed by atoms with van der Waals surface area (Å²) in [6.45, 7) is 5.00. The molecule has 3 aromatic rings. The lowest BCUT2D eigenvalue weighted by Gasteiger charge is -2.27. The third kappa shape index (κ3) is 3.28. The van der Waals surface area contributed by atoms with E-state index in [0.29, 0.717) is 32.8 Å². The van der Waals surface area contributed by atoms with Gasteiger partial charge in [-0.3, -0.25) is 9.78 Å². The number of benzene rings is 1. The molecule has 0 atom stereocenters. The first-order valence-electron chi connectivity index (χ1n) is 8.58. The maximum atomic E-state index is 12.5. The van der Waals surface area contributed by atoms with E-state index in [4.69, 9.17) is 4.74 Å². The highest BCUT2D eigenvalue weighted by atomic mass is 16.5. The molecule has 3 heterocycles. The second-order valence-corrected chi connectivity index (χ2v) is 6.43. The van der Waals surface area contributed by atoms with Crippen molar-refractivity contribution in [1.82, 2.24) is 14.5 Å². The van der Waals surface area contributed by atoms with E-state index in [2.05, 4.69) is 42.2 Å². The van der Waals surface area contributed by atoms with Crippen molar-refractivity contribution in [2.75, 3.05) is 26.3 Å². The van der Waals surface area contributed by atoms with Gasteiger partial charge in [0.05, 0.1) is 24.2 Å². The molecule has 4 rings (SSSR count). The Morgan fingerprint density at radius 1 is 1.12 bits per heavy atom. The Morgan fingerprint density at radius 3 is 2.64 bits per heavy atom. The average Bonchev–Trinajstić information content (AvgIpc) is 3.05. The summed E-state index contributed by atoms with van der Waals surface area (Å²) in [7, 11) is 0. The summed E-state index contributed by atoms with van der Waals surface area (Å²) in [5.74, 6) is 0.126. The number of ether oxygens (including phenoxy) is 1. The number of carbonyl (C=O) groups excluding carboxylic acids is 1. The van der Waals surface area contributed by atoms with Gasteiger partial charge >= 0.3 is 0 Å². The van der Waals surface area contributed by atoms with Gasteiger partial charge in [-0.2, -0.15) is 0 Å². The van der Waals surface area contributed by atoms with Crippen LogP contribution in [0.15, 0.2) is 48.8 Å². The number of fused-ring (bicyclic) bond motifs is 1. The van der Waals surface area contributed by atoms with E-state index < -0.39 is 0 Å². The molecule has 25 heavy (non-hydrogen) atoms. The van der Waals surface area contributed by atoms with Gasteiger partial charge in [0.25, 0.3) is 0 Å². The molecule has 0 spiro atoms. The quantitative estimate of drug-likeness (QED) is 0.739. The Kier molecular flexibility index (Phi) is 4.24. The zero-order chi connectivity index (χ0) is 17.2. The predicted molar refractivity (Wildman–Crippen MR) is 97.3 cm³/mol. The summed E-state index contributed by atoms with van der Waals surface area (Å²) in [6, 6.07) is 12.5. The first kappa shape index (κ1) is 15.8. The van der Waals surface area contributed by atoms with Crippen LogP contribution in [0.4, 0.5) is 0 Å². The molecule has 0 aliphatic carbocycles. The van der Waals surface area contributed by atoms with Crippen molar-refractivity contribution in [3.63, 3.8) is 0 Å². The fourth-order valence-corrected chi connectivity index (χ4v) is 3.16. The number of hydrogen-bond donors (Lipinski definition) is 0. The number of nitrogens with zero attached hydrogens (tertiary/aromatic N) is 3. The van der Waals surface area contributed by atoms with Crippen LogP contribution in [0.1, 0.15) is 5.56 Å². The minimum atomic E-state index is 0.126. The third-order valence-electron chi connectivity index (χ3n) is 4.67. The van der Waals surface area contributed by atoms with E-state index >= 15 is 0 Å². The van der Waals surface area contributed by atoms with Crippen molar-refractivity contribution in [2.24, 2.45) is 0 Å². The fourth-order valence-electron chi connectivity index (χ4n) is 3.16. The topological polar surface area (TPSA) is 47.4 Å². The summed E-state index contributed by atoms with van der Waals surface area (Å²) >= 11 is 0. The Morgan fingerprint density at radius 2 is 1.88 bits per heavy atom. The Bertz CT molecular complexity index is 893. The van der Waals surface area contributed by atoms with E-state index in [-0.39, 0.29) is 5.91 Å². The van der Waals surface area contributed by atoms with Crippen LogP contribution in [-0.4, -0.2) is 46.7 Å².